The summed E-state index contributed by atoms with van der Waals surface area (Å²) in [6.45, 7) is 8.15. The van der Waals surface area contributed by atoms with Crippen molar-refractivity contribution in [2.45, 2.75) is 33.1 Å². The monoisotopic (exact) mass is 262 g/mol. The summed E-state index contributed by atoms with van der Waals surface area (Å²) in [4.78, 5) is 2.38. The molecule has 3 nitrogen and oxygen atoms in total. The summed E-state index contributed by atoms with van der Waals surface area (Å²) in [5, 5.41) is 0. The van der Waals surface area contributed by atoms with Crippen LogP contribution in [0.4, 0.5) is 11.4 Å². The Kier molecular flexibility index (Phi) is 5.08. The zero-order chi connectivity index (χ0) is 13.7. The van der Waals surface area contributed by atoms with E-state index in [2.05, 4.69) is 30.9 Å². The number of fused-ring (bicyclic) bond motifs is 1. The fourth-order valence-electron chi connectivity index (χ4n) is 2.59. The van der Waals surface area contributed by atoms with Crippen molar-refractivity contribution in [3.05, 3.63) is 23.8 Å². The fraction of sp³-hybridized carbons (Fsp3) is 0.625. The van der Waals surface area contributed by atoms with Gasteiger partial charge in [-0.05, 0) is 36.8 Å². The molecule has 0 aliphatic carbocycles. The molecule has 0 atom stereocenters. The summed E-state index contributed by atoms with van der Waals surface area (Å²) in [6, 6.07) is 6.24. The second-order valence-electron chi connectivity index (χ2n) is 5.74. The van der Waals surface area contributed by atoms with E-state index in [0.717, 1.165) is 44.8 Å². The van der Waals surface area contributed by atoms with Crippen LogP contribution in [0.5, 0.6) is 0 Å². The highest BCUT2D eigenvalue weighted by Gasteiger charge is 2.18. The first-order chi connectivity index (χ1) is 9.18. The molecule has 0 spiro atoms. The molecule has 2 rings (SSSR count). The molecule has 0 amide bonds. The largest absolute Gasteiger partial charge is 0.397 e. The first-order valence-corrected chi connectivity index (χ1v) is 7.38. The first kappa shape index (κ1) is 14.2. The lowest BCUT2D eigenvalue weighted by atomic mass is 10.0. The van der Waals surface area contributed by atoms with Gasteiger partial charge in [-0.2, -0.15) is 0 Å². The number of hydrogen-bond donors (Lipinski definition) is 1. The van der Waals surface area contributed by atoms with E-state index < -0.39 is 0 Å². The Morgan fingerprint density at radius 1 is 1.32 bits per heavy atom. The summed E-state index contributed by atoms with van der Waals surface area (Å²) in [7, 11) is 0. The van der Waals surface area contributed by atoms with Crippen molar-refractivity contribution in [3.63, 3.8) is 0 Å². The molecule has 0 aromatic heterocycles. The van der Waals surface area contributed by atoms with Crippen LogP contribution in [-0.2, 0) is 11.2 Å². The van der Waals surface area contributed by atoms with Crippen LogP contribution in [0.25, 0.3) is 0 Å². The van der Waals surface area contributed by atoms with Crippen LogP contribution < -0.4 is 10.6 Å². The van der Waals surface area contributed by atoms with E-state index in [1.54, 1.807) is 0 Å². The van der Waals surface area contributed by atoms with Crippen molar-refractivity contribution in [1.82, 2.24) is 0 Å². The van der Waals surface area contributed by atoms with Crippen LogP contribution in [0.15, 0.2) is 18.2 Å². The van der Waals surface area contributed by atoms with Gasteiger partial charge in [-0.3, -0.25) is 0 Å². The zero-order valence-corrected chi connectivity index (χ0v) is 12.2. The molecule has 2 N–H and O–H groups in total. The zero-order valence-electron chi connectivity index (χ0n) is 12.2. The molecule has 1 aromatic rings. The molecule has 0 unspecified atom stereocenters. The predicted octanol–water partition coefficient (Wildman–Crippen LogP) is 3.08. The van der Waals surface area contributed by atoms with E-state index in [1.807, 2.05) is 6.07 Å². The van der Waals surface area contributed by atoms with Gasteiger partial charge in [-0.1, -0.05) is 26.0 Å². The maximum Gasteiger partial charge on any atom is 0.0641 e. The van der Waals surface area contributed by atoms with Gasteiger partial charge in [0.1, 0.15) is 0 Å². The number of hydrogen-bond acceptors (Lipinski definition) is 3. The van der Waals surface area contributed by atoms with Gasteiger partial charge in [0.15, 0.2) is 0 Å². The normalized spacial score (nSPS) is 14.8. The minimum Gasteiger partial charge on any atom is -0.397 e. The minimum atomic E-state index is 0.714. The summed E-state index contributed by atoms with van der Waals surface area (Å²) in [5.41, 5.74) is 9.64. The number of aryl methyl sites for hydroxylation is 1. The van der Waals surface area contributed by atoms with Gasteiger partial charge < -0.3 is 15.4 Å². The quantitative estimate of drug-likeness (QED) is 0.632. The molecule has 1 heterocycles. The third-order valence-corrected chi connectivity index (χ3v) is 3.69. The number of anilines is 2. The molecule has 0 bridgehead atoms. The van der Waals surface area contributed by atoms with Crippen molar-refractivity contribution < 1.29 is 4.74 Å². The van der Waals surface area contributed by atoms with E-state index in [0.29, 0.717) is 5.92 Å². The molecule has 0 fully saturated rings. The van der Waals surface area contributed by atoms with E-state index in [1.165, 1.54) is 17.7 Å². The Morgan fingerprint density at radius 2 is 2.16 bits per heavy atom. The molecule has 3 heteroatoms. The molecule has 1 aromatic carbocycles. The molecule has 19 heavy (non-hydrogen) atoms. The van der Waals surface area contributed by atoms with Gasteiger partial charge in [-0.25, -0.2) is 0 Å². The average Bonchev–Trinajstić information content (AvgIpc) is 2.38. The van der Waals surface area contributed by atoms with Crippen LogP contribution in [0, 0.1) is 5.92 Å². The highest BCUT2D eigenvalue weighted by molar-refractivity contribution is 5.72. The molecular weight excluding hydrogens is 236 g/mol. The van der Waals surface area contributed by atoms with Gasteiger partial charge >= 0.3 is 0 Å². The molecule has 0 radical (unpaired) electrons. The van der Waals surface area contributed by atoms with Crippen LogP contribution in [0.1, 0.15) is 32.3 Å². The van der Waals surface area contributed by atoms with Gasteiger partial charge in [0, 0.05) is 19.7 Å². The second-order valence-corrected chi connectivity index (χ2v) is 5.74. The lowest BCUT2D eigenvalue weighted by Crippen LogP contribution is -2.33. The maximum absolute atomic E-state index is 6.12. The van der Waals surface area contributed by atoms with Crippen molar-refractivity contribution in [3.8, 4) is 0 Å². The van der Waals surface area contributed by atoms with Crippen molar-refractivity contribution in [2.75, 3.05) is 36.9 Å². The van der Waals surface area contributed by atoms with Crippen molar-refractivity contribution in [1.29, 1.82) is 0 Å². The van der Waals surface area contributed by atoms with Crippen LogP contribution in [0.3, 0.4) is 0 Å². The summed E-state index contributed by atoms with van der Waals surface area (Å²) in [5.74, 6) is 0.714. The Morgan fingerprint density at radius 3 is 2.95 bits per heavy atom. The third-order valence-electron chi connectivity index (χ3n) is 3.69. The lowest BCUT2D eigenvalue weighted by Gasteiger charge is -2.32. The summed E-state index contributed by atoms with van der Waals surface area (Å²) < 4.78 is 5.72. The molecule has 1 aliphatic rings. The standard InChI is InChI=1S/C16H26N2O/c1-13(2)8-11-19-12-10-18-9-4-6-14-5-3-7-15(17)16(14)18/h3,5,7,13H,4,6,8-12,17H2,1-2H3. The molecule has 106 valence electrons. The number of nitrogens with zero attached hydrogens (tertiary/aromatic N) is 1. The lowest BCUT2D eigenvalue weighted by molar-refractivity contribution is 0.129. The fourth-order valence-corrected chi connectivity index (χ4v) is 2.59. The smallest absolute Gasteiger partial charge is 0.0641 e. The van der Waals surface area contributed by atoms with Crippen LogP contribution >= 0.6 is 0 Å². The van der Waals surface area contributed by atoms with Gasteiger partial charge in [-0.15, -0.1) is 0 Å². The van der Waals surface area contributed by atoms with E-state index >= 15 is 0 Å². The Hall–Kier alpha value is -1.22. The van der Waals surface area contributed by atoms with Gasteiger partial charge in [0.25, 0.3) is 0 Å². The highest BCUT2D eigenvalue weighted by atomic mass is 16.5. The van der Waals surface area contributed by atoms with Gasteiger partial charge in [0.05, 0.1) is 18.0 Å². The van der Waals surface area contributed by atoms with Gasteiger partial charge in [0.2, 0.25) is 0 Å². The van der Waals surface area contributed by atoms with Crippen molar-refractivity contribution >= 4 is 11.4 Å². The Balaban J connectivity index is 1.86. The molecular formula is C16H26N2O. The third kappa shape index (κ3) is 3.87. The number of ether oxygens (including phenoxy) is 1. The minimum absolute atomic E-state index is 0.714. The highest BCUT2D eigenvalue weighted by Crippen LogP contribution is 2.32. The first-order valence-electron chi connectivity index (χ1n) is 7.38. The van der Waals surface area contributed by atoms with Crippen molar-refractivity contribution in [2.24, 2.45) is 5.92 Å². The molecule has 0 saturated heterocycles. The maximum atomic E-state index is 6.12. The topological polar surface area (TPSA) is 38.5 Å². The Bertz CT molecular complexity index is 404. The second kappa shape index (κ2) is 6.80. The summed E-state index contributed by atoms with van der Waals surface area (Å²) in [6.07, 6.45) is 3.49. The summed E-state index contributed by atoms with van der Waals surface area (Å²) >= 11 is 0. The molecule has 1 aliphatic heterocycles. The average molecular weight is 262 g/mol. The number of nitrogens with two attached hydrogens (primary N) is 1. The number of rotatable bonds is 6. The van der Waals surface area contributed by atoms with E-state index in [9.17, 15) is 0 Å². The molecule has 0 saturated carbocycles. The number of benzene rings is 1. The predicted molar refractivity (Wildman–Crippen MR) is 81.7 cm³/mol. The Labute approximate surface area is 116 Å². The van der Waals surface area contributed by atoms with Crippen LogP contribution in [0.2, 0.25) is 0 Å². The van der Waals surface area contributed by atoms with E-state index in [-0.39, 0.29) is 0 Å². The number of para-hydroxylation sites is 1. The van der Waals surface area contributed by atoms with E-state index in [4.69, 9.17) is 10.5 Å². The van der Waals surface area contributed by atoms with Crippen LogP contribution in [-0.4, -0.2) is 26.3 Å². The number of nitrogen functional groups attached to an aromatic ring is 1. The SMILES string of the molecule is CC(C)CCOCCN1CCCc2cccc(N)c21.